The molecule has 1 aromatic carbocycles. The first-order valence-corrected chi connectivity index (χ1v) is 7.28. The normalized spacial score (nSPS) is 25.1. The quantitative estimate of drug-likeness (QED) is 0.907. The van der Waals surface area contributed by atoms with Gasteiger partial charge in [0.1, 0.15) is 11.6 Å². The molecule has 3 fully saturated rings. The van der Waals surface area contributed by atoms with Crippen molar-refractivity contribution >= 4 is 16.6 Å². The number of piperazine rings is 1. The van der Waals surface area contributed by atoms with Crippen molar-refractivity contribution in [3.05, 3.63) is 30.5 Å². The van der Waals surface area contributed by atoms with E-state index in [9.17, 15) is 0 Å². The van der Waals surface area contributed by atoms with Gasteiger partial charge in [-0.1, -0.05) is 6.07 Å². The van der Waals surface area contributed by atoms with Gasteiger partial charge < -0.3 is 15.0 Å². The Morgan fingerprint density at radius 3 is 2.95 bits per heavy atom. The van der Waals surface area contributed by atoms with Crippen molar-refractivity contribution in [1.82, 2.24) is 10.3 Å². The molecule has 4 nitrogen and oxygen atoms in total. The maximum Gasteiger partial charge on any atom is 0.136 e. The number of nitrogens with one attached hydrogen (secondary N) is 1. The molecule has 20 heavy (non-hydrogen) atoms. The van der Waals surface area contributed by atoms with E-state index in [-0.39, 0.29) is 0 Å². The van der Waals surface area contributed by atoms with Crippen molar-refractivity contribution in [1.29, 1.82) is 0 Å². The van der Waals surface area contributed by atoms with Gasteiger partial charge in [0.05, 0.1) is 7.11 Å². The first-order valence-electron chi connectivity index (χ1n) is 7.28. The van der Waals surface area contributed by atoms with Crippen LogP contribution in [0.5, 0.6) is 5.75 Å². The third kappa shape index (κ3) is 1.83. The first-order chi connectivity index (χ1) is 9.85. The standard InChI is InChI=1S/C16H19N3O/c1-20-14-5-2-11-6-7-17-16(15(11)8-14)19-10-12-3-4-13(19)9-18-12/h2,5-8,12-13,18H,3-4,9-10H2,1H3. The Morgan fingerprint density at radius 2 is 2.25 bits per heavy atom. The second kappa shape index (κ2) is 4.63. The van der Waals surface area contributed by atoms with Gasteiger partial charge in [0.2, 0.25) is 0 Å². The molecule has 2 aromatic rings. The molecule has 2 unspecified atom stereocenters. The monoisotopic (exact) mass is 269 g/mol. The minimum absolute atomic E-state index is 0.573. The van der Waals surface area contributed by atoms with Gasteiger partial charge in [0.15, 0.2) is 0 Å². The molecule has 3 aliphatic rings. The van der Waals surface area contributed by atoms with Crippen molar-refractivity contribution in [2.24, 2.45) is 0 Å². The highest BCUT2D eigenvalue weighted by molar-refractivity contribution is 5.93. The number of benzene rings is 1. The van der Waals surface area contributed by atoms with Crippen LogP contribution in [-0.4, -0.2) is 37.3 Å². The molecule has 0 aliphatic carbocycles. The topological polar surface area (TPSA) is 37.4 Å². The van der Waals surface area contributed by atoms with Crippen LogP contribution in [0, 0.1) is 0 Å². The molecule has 3 saturated heterocycles. The van der Waals surface area contributed by atoms with Crippen LogP contribution in [0.3, 0.4) is 0 Å². The average Bonchev–Trinajstić information content (AvgIpc) is 2.54. The molecule has 0 saturated carbocycles. The third-order valence-corrected chi connectivity index (χ3v) is 4.57. The number of anilines is 1. The van der Waals surface area contributed by atoms with Crippen molar-refractivity contribution in [2.45, 2.75) is 24.9 Å². The fraction of sp³-hybridized carbons (Fsp3) is 0.438. The summed E-state index contributed by atoms with van der Waals surface area (Å²) in [5.74, 6) is 2.00. The molecule has 2 atom stereocenters. The van der Waals surface area contributed by atoms with Crippen LogP contribution in [0.2, 0.25) is 0 Å². The number of pyridine rings is 1. The Balaban J connectivity index is 1.82. The van der Waals surface area contributed by atoms with E-state index in [0.717, 1.165) is 24.7 Å². The predicted octanol–water partition coefficient (Wildman–Crippen LogP) is 2.18. The van der Waals surface area contributed by atoms with Gasteiger partial charge in [-0.25, -0.2) is 4.98 Å². The molecule has 5 rings (SSSR count). The molecule has 0 spiro atoms. The van der Waals surface area contributed by atoms with Crippen molar-refractivity contribution in [2.75, 3.05) is 25.1 Å². The SMILES string of the molecule is COc1ccc2ccnc(N3CC4CCC3CN4)c2c1. The van der Waals surface area contributed by atoms with Gasteiger partial charge in [-0.2, -0.15) is 0 Å². The van der Waals surface area contributed by atoms with E-state index in [1.54, 1.807) is 7.11 Å². The lowest BCUT2D eigenvalue weighted by Crippen LogP contribution is -2.61. The molecule has 1 N–H and O–H groups in total. The van der Waals surface area contributed by atoms with E-state index in [4.69, 9.17) is 4.74 Å². The Kier molecular flexibility index (Phi) is 2.77. The number of aromatic nitrogens is 1. The van der Waals surface area contributed by atoms with Crippen LogP contribution in [0.1, 0.15) is 12.8 Å². The van der Waals surface area contributed by atoms with Gasteiger partial charge in [0.25, 0.3) is 0 Å². The van der Waals surface area contributed by atoms with Crippen LogP contribution < -0.4 is 15.0 Å². The lowest BCUT2D eigenvalue weighted by Gasteiger charge is -2.46. The van der Waals surface area contributed by atoms with E-state index in [2.05, 4.69) is 33.4 Å². The van der Waals surface area contributed by atoms with Crippen LogP contribution in [-0.2, 0) is 0 Å². The highest BCUT2D eigenvalue weighted by atomic mass is 16.5. The molecular weight excluding hydrogens is 250 g/mol. The van der Waals surface area contributed by atoms with Crippen molar-refractivity contribution in [3.8, 4) is 5.75 Å². The summed E-state index contributed by atoms with van der Waals surface area (Å²) in [7, 11) is 1.71. The van der Waals surface area contributed by atoms with Gasteiger partial charge in [-0.3, -0.25) is 0 Å². The first kappa shape index (κ1) is 12.0. The molecule has 4 heterocycles. The highest BCUT2D eigenvalue weighted by Gasteiger charge is 2.34. The third-order valence-electron chi connectivity index (χ3n) is 4.57. The fourth-order valence-electron chi connectivity index (χ4n) is 3.46. The van der Waals surface area contributed by atoms with E-state index >= 15 is 0 Å². The molecule has 1 aromatic heterocycles. The average molecular weight is 269 g/mol. The number of nitrogens with zero attached hydrogens (tertiary/aromatic N) is 2. The van der Waals surface area contributed by atoms with Gasteiger partial charge >= 0.3 is 0 Å². The molecule has 4 heteroatoms. The number of methoxy groups -OCH3 is 1. The summed E-state index contributed by atoms with van der Waals surface area (Å²) in [4.78, 5) is 7.15. The Hall–Kier alpha value is -1.81. The maximum atomic E-state index is 5.37. The number of rotatable bonds is 2. The molecule has 0 amide bonds. The minimum atomic E-state index is 0.573. The van der Waals surface area contributed by atoms with E-state index in [1.807, 2.05) is 12.3 Å². The number of hydrogen-bond acceptors (Lipinski definition) is 4. The van der Waals surface area contributed by atoms with Gasteiger partial charge in [0, 0.05) is 36.8 Å². The number of hydrogen-bond donors (Lipinski definition) is 1. The van der Waals surface area contributed by atoms with Gasteiger partial charge in [-0.15, -0.1) is 0 Å². The van der Waals surface area contributed by atoms with Crippen molar-refractivity contribution in [3.63, 3.8) is 0 Å². The largest absolute Gasteiger partial charge is 0.497 e. The molecule has 2 bridgehead atoms. The van der Waals surface area contributed by atoms with E-state index < -0.39 is 0 Å². The summed E-state index contributed by atoms with van der Waals surface area (Å²) in [5, 5.41) is 6.02. The van der Waals surface area contributed by atoms with E-state index in [1.165, 1.54) is 23.6 Å². The zero-order chi connectivity index (χ0) is 13.5. The molecule has 3 aliphatic heterocycles. The minimum Gasteiger partial charge on any atom is -0.497 e. The number of fused-ring (bicyclic) bond motifs is 4. The Bertz CT molecular complexity index is 635. The molecule has 0 radical (unpaired) electrons. The van der Waals surface area contributed by atoms with Crippen LogP contribution in [0.4, 0.5) is 5.82 Å². The Labute approximate surface area is 118 Å². The fourth-order valence-corrected chi connectivity index (χ4v) is 3.46. The smallest absolute Gasteiger partial charge is 0.136 e. The molecular formula is C16H19N3O. The predicted molar refractivity (Wildman–Crippen MR) is 80.5 cm³/mol. The summed E-state index contributed by atoms with van der Waals surface area (Å²) in [5.41, 5.74) is 0. The van der Waals surface area contributed by atoms with Crippen LogP contribution in [0.15, 0.2) is 30.5 Å². The molecule has 104 valence electrons. The second-order valence-electron chi connectivity index (χ2n) is 5.71. The maximum absolute atomic E-state index is 5.37. The lowest BCUT2D eigenvalue weighted by atomic mass is 9.92. The summed E-state index contributed by atoms with van der Waals surface area (Å²) in [6, 6.07) is 9.48. The zero-order valence-corrected chi connectivity index (χ0v) is 11.7. The Morgan fingerprint density at radius 1 is 1.30 bits per heavy atom. The summed E-state index contributed by atoms with van der Waals surface area (Å²) in [6.07, 6.45) is 4.47. The highest BCUT2D eigenvalue weighted by Crippen LogP contribution is 2.33. The van der Waals surface area contributed by atoms with Gasteiger partial charge in [-0.05, 0) is 36.4 Å². The number of piperidine rings is 2. The lowest BCUT2D eigenvalue weighted by molar-refractivity contribution is 0.289. The summed E-state index contributed by atoms with van der Waals surface area (Å²) >= 11 is 0. The summed E-state index contributed by atoms with van der Waals surface area (Å²) < 4.78 is 5.37. The van der Waals surface area contributed by atoms with Crippen molar-refractivity contribution < 1.29 is 4.74 Å². The second-order valence-corrected chi connectivity index (χ2v) is 5.71. The van der Waals surface area contributed by atoms with Crippen LogP contribution >= 0.6 is 0 Å². The van der Waals surface area contributed by atoms with E-state index in [0.29, 0.717) is 12.1 Å². The number of ether oxygens (including phenoxy) is 1. The van der Waals surface area contributed by atoms with Crippen LogP contribution in [0.25, 0.3) is 10.8 Å². The summed E-state index contributed by atoms with van der Waals surface area (Å²) in [6.45, 7) is 2.14. The zero-order valence-electron chi connectivity index (χ0n) is 11.7.